The molecule has 178 valence electrons. The molecule has 1 amide bonds. The van der Waals surface area contributed by atoms with Crippen molar-refractivity contribution in [2.24, 2.45) is 16.5 Å². The zero-order valence-electron chi connectivity index (χ0n) is 19.6. The van der Waals surface area contributed by atoms with Crippen LogP contribution in [0.4, 0.5) is 5.82 Å². The molecule has 1 aromatic carbocycles. The molecule has 0 bridgehead atoms. The number of nitrogens with zero attached hydrogens (tertiary/aromatic N) is 3. The first-order valence-electron chi connectivity index (χ1n) is 12.4. The van der Waals surface area contributed by atoms with Crippen LogP contribution in [0.2, 0.25) is 0 Å². The van der Waals surface area contributed by atoms with E-state index in [0.29, 0.717) is 5.82 Å². The number of hydrogen-bond donors (Lipinski definition) is 4. The molecule has 2 aliphatic carbocycles. The summed E-state index contributed by atoms with van der Waals surface area (Å²) in [6.45, 7) is 2.04. The Hall–Kier alpha value is -2.90. The second-order valence-corrected chi connectivity index (χ2v) is 9.59. The van der Waals surface area contributed by atoms with Crippen molar-refractivity contribution in [3.05, 3.63) is 29.6 Å². The van der Waals surface area contributed by atoms with Crippen molar-refractivity contribution in [3.63, 3.8) is 0 Å². The van der Waals surface area contributed by atoms with Crippen molar-refractivity contribution < 1.29 is 4.79 Å². The van der Waals surface area contributed by atoms with Gasteiger partial charge < -0.3 is 22.1 Å². The number of carbonyl (C=O) groups is 1. The van der Waals surface area contributed by atoms with Gasteiger partial charge in [0.1, 0.15) is 5.82 Å². The van der Waals surface area contributed by atoms with E-state index in [0.717, 1.165) is 67.8 Å². The number of guanidine groups is 1. The van der Waals surface area contributed by atoms with Gasteiger partial charge in [-0.1, -0.05) is 56.6 Å². The highest BCUT2D eigenvalue weighted by atomic mass is 16.2. The number of rotatable bonds is 5. The van der Waals surface area contributed by atoms with Crippen LogP contribution in [0.5, 0.6) is 0 Å². The summed E-state index contributed by atoms with van der Waals surface area (Å²) in [5.41, 5.74) is 13.2. The predicted molar refractivity (Wildman–Crippen MR) is 133 cm³/mol. The summed E-state index contributed by atoms with van der Waals surface area (Å²) in [6, 6.07) is 6.27. The lowest BCUT2D eigenvalue weighted by Gasteiger charge is -2.30. The smallest absolute Gasteiger partial charge is 0.289 e. The summed E-state index contributed by atoms with van der Waals surface area (Å²) >= 11 is 0. The number of aromatic nitrogens is 2. The van der Waals surface area contributed by atoms with Gasteiger partial charge in [-0.3, -0.25) is 4.79 Å². The summed E-state index contributed by atoms with van der Waals surface area (Å²) in [5.74, 6) is 0.797. The summed E-state index contributed by atoms with van der Waals surface area (Å²) in [7, 11) is 0. The van der Waals surface area contributed by atoms with Crippen LogP contribution in [-0.4, -0.2) is 40.0 Å². The molecule has 8 heteroatoms. The van der Waals surface area contributed by atoms with E-state index in [1.54, 1.807) is 0 Å². The molecule has 2 atom stereocenters. The number of aryl methyl sites for hydroxylation is 1. The van der Waals surface area contributed by atoms with Crippen LogP contribution in [0.3, 0.4) is 0 Å². The Morgan fingerprint density at radius 3 is 2.42 bits per heavy atom. The lowest BCUT2D eigenvalue weighted by Crippen LogP contribution is -2.39. The third kappa shape index (κ3) is 6.12. The molecule has 2 aromatic rings. The number of anilines is 1. The largest absolute Gasteiger partial charge is 0.370 e. The third-order valence-corrected chi connectivity index (χ3v) is 6.86. The molecule has 2 saturated carbocycles. The molecule has 2 aliphatic rings. The molecule has 4 rings (SSSR count). The van der Waals surface area contributed by atoms with Gasteiger partial charge in [-0.05, 0) is 44.7 Å². The molecule has 6 N–H and O–H groups in total. The van der Waals surface area contributed by atoms with E-state index in [1.165, 1.54) is 19.3 Å². The van der Waals surface area contributed by atoms with Gasteiger partial charge in [-0.25, -0.2) is 15.0 Å². The molecule has 1 heterocycles. The van der Waals surface area contributed by atoms with Crippen molar-refractivity contribution in [1.82, 2.24) is 15.3 Å². The maximum atomic E-state index is 13.2. The number of benzene rings is 1. The van der Waals surface area contributed by atoms with Gasteiger partial charge in [0.05, 0.1) is 17.6 Å². The Kier molecular flexibility index (Phi) is 7.62. The average Bonchev–Trinajstić information content (AvgIpc) is 2.76. The van der Waals surface area contributed by atoms with Crippen LogP contribution in [0.15, 0.2) is 23.2 Å². The third-order valence-electron chi connectivity index (χ3n) is 6.86. The number of carbonyl (C=O) groups excluding carboxylic acids is 1. The van der Waals surface area contributed by atoms with Crippen LogP contribution in [0, 0.1) is 6.92 Å². The molecule has 0 radical (unpaired) electrons. The van der Waals surface area contributed by atoms with Crippen molar-refractivity contribution in [2.75, 3.05) is 5.32 Å². The molecular formula is C25H37N7O. The quantitative estimate of drug-likeness (QED) is 0.404. The maximum Gasteiger partial charge on any atom is 0.289 e. The number of hydrogen-bond acceptors (Lipinski definition) is 5. The minimum Gasteiger partial charge on any atom is -0.370 e. The lowest BCUT2D eigenvalue weighted by molar-refractivity contribution is 0.0920. The van der Waals surface area contributed by atoms with E-state index in [4.69, 9.17) is 16.5 Å². The van der Waals surface area contributed by atoms with Crippen molar-refractivity contribution in [3.8, 4) is 0 Å². The van der Waals surface area contributed by atoms with Crippen molar-refractivity contribution in [2.45, 2.75) is 95.7 Å². The molecule has 2 unspecified atom stereocenters. The number of nitrogens with one attached hydrogen (secondary N) is 2. The van der Waals surface area contributed by atoms with Crippen LogP contribution < -0.4 is 22.1 Å². The first kappa shape index (κ1) is 23.3. The van der Waals surface area contributed by atoms with Gasteiger partial charge >= 0.3 is 0 Å². The first-order valence-corrected chi connectivity index (χ1v) is 12.4. The fourth-order valence-corrected chi connectivity index (χ4v) is 5.11. The lowest BCUT2D eigenvalue weighted by atomic mass is 9.90. The highest BCUT2D eigenvalue weighted by Crippen LogP contribution is 2.28. The van der Waals surface area contributed by atoms with Crippen LogP contribution in [0.25, 0.3) is 10.9 Å². The Bertz CT molecular complexity index is 994. The van der Waals surface area contributed by atoms with Gasteiger partial charge in [0, 0.05) is 11.4 Å². The van der Waals surface area contributed by atoms with E-state index < -0.39 is 0 Å². The fraction of sp³-hybridized carbons (Fsp3) is 0.600. The first-order chi connectivity index (χ1) is 16.0. The van der Waals surface area contributed by atoms with E-state index in [1.807, 2.05) is 19.1 Å². The molecular weight excluding hydrogens is 414 g/mol. The summed E-state index contributed by atoms with van der Waals surface area (Å²) in [6.07, 6.45) is 12.2. The van der Waals surface area contributed by atoms with Gasteiger partial charge in [0.2, 0.25) is 5.82 Å². The standard InChI is InChI=1S/C25H37N7O/c1-16-13-14-19-18(15-16)22(30-20-11-7-8-12-21(20)31-25(26)27)32-23(29-19)24(33)28-17-9-5-3-2-4-6-10-17/h13-15,17,20-21H,2-12H2,1H3,(H,28,33)(H4,26,27,31)(H,29,30,32). The number of aliphatic imine (C=N–C) groups is 1. The molecule has 2 fully saturated rings. The topological polar surface area (TPSA) is 131 Å². The van der Waals surface area contributed by atoms with Crippen LogP contribution >= 0.6 is 0 Å². The zero-order chi connectivity index (χ0) is 23.2. The van der Waals surface area contributed by atoms with Gasteiger partial charge in [0.15, 0.2) is 5.96 Å². The Morgan fingerprint density at radius 1 is 0.970 bits per heavy atom. The van der Waals surface area contributed by atoms with Gasteiger partial charge in [0.25, 0.3) is 5.91 Å². The number of amides is 1. The van der Waals surface area contributed by atoms with Gasteiger partial charge in [-0.15, -0.1) is 0 Å². The summed E-state index contributed by atoms with van der Waals surface area (Å²) in [4.78, 5) is 26.9. The molecule has 1 aromatic heterocycles. The Labute approximate surface area is 196 Å². The highest BCUT2D eigenvalue weighted by Gasteiger charge is 2.27. The van der Waals surface area contributed by atoms with Crippen molar-refractivity contribution in [1.29, 1.82) is 0 Å². The molecule has 8 nitrogen and oxygen atoms in total. The van der Waals surface area contributed by atoms with Gasteiger partial charge in [-0.2, -0.15) is 0 Å². The SMILES string of the molecule is Cc1ccc2nc(C(=O)NC3CCCCCCC3)nc(NC3CCCCC3N=C(N)N)c2c1. The average molecular weight is 452 g/mol. The minimum absolute atomic E-state index is 0.00854. The second-order valence-electron chi connectivity index (χ2n) is 9.59. The van der Waals surface area contributed by atoms with E-state index >= 15 is 0 Å². The van der Waals surface area contributed by atoms with Crippen molar-refractivity contribution >= 4 is 28.6 Å². The fourth-order valence-electron chi connectivity index (χ4n) is 5.11. The number of nitrogens with two attached hydrogens (primary N) is 2. The monoisotopic (exact) mass is 451 g/mol. The molecule has 0 saturated heterocycles. The number of fused-ring (bicyclic) bond motifs is 1. The maximum absolute atomic E-state index is 13.2. The van der Waals surface area contributed by atoms with Crippen LogP contribution in [-0.2, 0) is 0 Å². The predicted octanol–water partition coefficient (Wildman–Crippen LogP) is 3.78. The summed E-state index contributed by atoms with van der Waals surface area (Å²) < 4.78 is 0. The van der Waals surface area contributed by atoms with Crippen LogP contribution in [0.1, 0.15) is 86.8 Å². The van der Waals surface area contributed by atoms with E-state index in [-0.39, 0.29) is 35.8 Å². The highest BCUT2D eigenvalue weighted by molar-refractivity contribution is 5.96. The summed E-state index contributed by atoms with van der Waals surface area (Å²) in [5, 5.41) is 7.68. The van der Waals surface area contributed by atoms with E-state index in [9.17, 15) is 4.79 Å². The zero-order valence-corrected chi connectivity index (χ0v) is 19.6. The Morgan fingerprint density at radius 2 is 1.67 bits per heavy atom. The second kappa shape index (κ2) is 10.8. The van der Waals surface area contributed by atoms with E-state index in [2.05, 4.69) is 26.7 Å². The Balaban J connectivity index is 1.61. The molecule has 0 spiro atoms. The minimum atomic E-state index is -0.199. The normalized spacial score (nSPS) is 22.2. The molecule has 33 heavy (non-hydrogen) atoms. The molecule has 0 aliphatic heterocycles.